The summed E-state index contributed by atoms with van der Waals surface area (Å²) in [6.07, 6.45) is 12.8. The zero-order valence-corrected chi connectivity index (χ0v) is 14.4. The molecule has 0 saturated carbocycles. The fraction of sp³-hybridized carbons (Fsp3) is 0.700. The molecule has 1 aromatic rings. The van der Waals surface area contributed by atoms with Crippen LogP contribution in [0.2, 0.25) is 0 Å². The summed E-state index contributed by atoms with van der Waals surface area (Å²) in [7, 11) is 1.75. The number of ether oxygens (including phenoxy) is 1. The zero-order valence-electron chi connectivity index (χ0n) is 14.4. The lowest BCUT2D eigenvalue weighted by Crippen LogP contribution is -2.24. The van der Waals surface area contributed by atoms with E-state index in [0.717, 1.165) is 12.2 Å². The molecule has 0 fully saturated rings. The van der Waals surface area contributed by atoms with Crippen LogP contribution in [-0.4, -0.2) is 13.2 Å². The van der Waals surface area contributed by atoms with Crippen molar-refractivity contribution >= 4 is 0 Å². The molecule has 2 heteroatoms. The van der Waals surface area contributed by atoms with Gasteiger partial charge in [0.05, 0.1) is 7.11 Å². The summed E-state index contributed by atoms with van der Waals surface area (Å²) in [6, 6.07) is 6.96. The normalized spacial score (nSPS) is 18.8. The number of methoxy groups -OCH3 is 1. The molecule has 0 saturated heterocycles. The van der Waals surface area contributed by atoms with E-state index in [1.165, 1.54) is 68.9 Å². The third-order valence-corrected chi connectivity index (χ3v) is 5.05. The van der Waals surface area contributed by atoms with Gasteiger partial charge in [0.2, 0.25) is 0 Å². The molecule has 1 aliphatic carbocycles. The fourth-order valence-electron chi connectivity index (χ4n) is 3.76. The molecule has 0 aliphatic heterocycles. The largest absolute Gasteiger partial charge is 0.497 e. The van der Waals surface area contributed by atoms with Gasteiger partial charge in [0.15, 0.2) is 0 Å². The van der Waals surface area contributed by atoms with E-state index < -0.39 is 0 Å². The van der Waals surface area contributed by atoms with Crippen LogP contribution in [0.5, 0.6) is 5.75 Å². The lowest BCUT2D eigenvalue weighted by atomic mass is 9.79. The summed E-state index contributed by atoms with van der Waals surface area (Å²) in [5.41, 5.74) is 9.41. The van der Waals surface area contributed by atoms with Crippen LogP contribution >= 0.6 is 0 Å². The molecule has 2 atom stereocenters. The van der Waals surface area contributed by atoms with E-state index >= 15 is 0 Å². The molecule has 0 amide bonds. The van der Waals surface area contributed by atoms with Crippen molar-refractivity contribution in [2.45, 2.75) is 83.1 Å². The van der Waals surface area contributed by atoms with Crippen LogP contribution in [-0.2, 0) is 6.42 Å². The molecule has 2 rings (SSSR count). The monoisotopic (exact) mass is 303 g/mol. The summed E-state index contributed by atoms with van der Waals surface area (Å²) in [4.78, 5) is 0. The van der Waals surface area contributed by atoms with Crippen molar-refractivity contribution in [3.05, 3.63) is 29.3 Å². The maximum Gasteiger partial charge on any atom is 0.119 e. The minimum atomic E-state index is 0.361. The predicted octanol–water partition coefficient (Wildman–Crippen LogP) is 5.19. The highest BCUT2D eigenvalue weighted by atomic mass is 16.5. The van der Waals surface area contributed by atoms with Crippen molar-refractivity contribution in [2.75, 3.05) is 7.11 Å². The first kappa shape index (κ1) is 17.3. The third-order valence-electron chi connectivity index (χ3n) is 5.05. The molecule has 2 unspecified atom stereocenters. The van der Waals surface area contributed by atoms with Crippen LogP contribution in [0.25, 0.3) is 0 Å². The minimum absolute atomic E-state index is 0.361. The highest BCUT2D eigenvalue weighted by Gasteiger charge is 2.22. The Morgan fingerprint density at radius 1 is 1.23 bits per heavy atom. The summed E-state index contributed by atoms with van der Waals surface area (Å²) in [5, 5.41) is 0. The number of rotatable bonds is 9. The molecular weight excluding hydrogens is 270 g/mol. The zero-order chi connectivity index (χ0) is 15.8. The van der Waals surface area contributed by atoms with Gasteiger partial charge in [-0.15, -0.1) is 0 Å². The van der Waals surface area contributed by atoms with Crippen molar-refractivity contribution in [1.82, 2.24) is 0 Å². The van der Waals surface area contributed by atoms with Crippen molar-refractivity contribution in [2.24, 2.45) is 5.73 Å². The first-order chi connectivity index (χ1) is 10.7. The number of hydrogen-bond acceptors (Lipinski definition) is 2. The van der Waals surface area contributed by atoms with E-state index in [1.807, 2.05) is 0 Å². The van der Waals surface area contributed by atoms with Crippen LogP contribution in [0, 0.1) is 0 Å². The van der Waals surface area contributed by atoms with E-state index in [4.69, 9.17) is 10.5 Å². The predicted molar refractivity (Wildman–Crippen MR) is 94.6 cm³/mol. The Morgan fingerprint density at radius 2 is 2.05 bits per heavy atom. The van der Waals surface area contributed by atoms with Gasteiger partial charge < -0.3 is 10.5 Å². The summed E-state index contributed by atoms with van der Waals surface area (Å²) in [6.45, 7) is 2.27. The molecule has 0 radical (unpaired) electrons. The van der Waals surface area contributed by atoms with E-state index in [1.54, 1.807) is 7.11 Å². The topological polar surface area (TPSA) is 35.2 Å². The van der Waals surface area contributed by atoms with Gasteiger partial charge in [0.1, 0.15) is 5.75 Å². The van der Waals surface area contributed by atoms with Gasteiger partial charge in [-0.1, -0.05) is 45.1 Å². The second-order valence-electron chi connectivity index (χ2n) is 6.85. The number of benzene rings is 1. The minimum Gasteiger partial charge on any atom is -0.497 e. The second-order valence-corrected chi connectivity index (χ2v) is 6.85. The Bertz CT molecular complexity index is 443. The summed E-state index contributed by atoms with van der Waals surface area (Å²) >= 11 is 0. The Morgan fingerprint density at radius 3 is 2.82 bits per heavy atom. The number of unbranched alkanes of at least 4 members (excludes halogenated alkanes) is 4. The van der Waals surface area contributed by atoms with Gasteiger partial charge in [0.25, 0.3) is 0 Å². The van der Waals surface area contributed by atoms with E-state index in [9.17, 15) is 0 Å². The molecule has 0 aromatic heterocycles. The summed E-state index contributed by atoms with van der Waals surface area (Å²) < 4.78 is 5.36. The van der Waals surface area contributed by atoms with Gasteiger partial charge in [-0.25, -0.2) is 0 Å². The summed E-state index contributed by atoms with van der Waals surface area (Å²) in [5.74, 6) is 1.64. The van der Waals surface area contributed by atoms with Crippen LogP contribution < -0.4 is 10.5 Å². The van der Waals surface area contributed by atoms with E-state index in [0.29, 0.717) is 12.0 Å². The van der Waals surface area contributed by atoms with Crippen molar-refractivity contribution in [3.63, 3.8) is 0 Å². The Labute approximate surface area is 136 Å². The molecule has 0 spiro atoms. The van der Waals surface area contributed by atoms with E-state index in [-0.39, 0.29) is 0 Å². The van der Waals surface area contributed by atoms with Gasteiger partial charge in [-0.05, 0) is 61.3 Å². The fourth-order valence-corrected chi connectivity index (χ4v) is 3.76. The molecule has 124 valence electrons. The average molecular weight is 303 g/mol. The molecule has 2 nitrogen and oxygen atoms in total. The maximum absolute atomic E-state index is 6.41. The first-order valence-corrected chi connectivity index (χ1v) is 9.17. The van der Waals surface area contributed by atoms with Crippen molar-refractivity contribution in [1.29, 1.82) is 0 Å². The number of hydrogen-bond donors (Lipinski definition) is 1. The average Bonchev–Trinajstić information content (AvgIpc) is 2.54. The standard InChI is InChI=1S/C20H33NO/c1-3-4-5-6-7-11-18(21)14-16-9-8-10-17-15-19(22-2)12-13-20(16)17/h12-13,15-16,18H,3-11,14,21H2,1-2H3. The molecular formula is C20H33NO. The van der Waals surface area contributed by atoms with Gasteiger partial charge in [-0.3, -0.25) is 0 Å². The highest BCUT2D eigenvalue weighted by molar-refractivity contribution is 5.39. The lowest BCUT2D eigenvalue weighted by Gasteiger charge is -2.28. The molecule has 0 bridgehead atoms. The van der Waals surface area contributed by atoms with E-state index in [2.05, 4.69) is 25.1 Å². The van der Waals surface area contributed by atoms with Crippen molar-refractivity contribution < 1.29 is 4.74 Å². The number of nitrogens with two attached hydrogens (primary N) is 1. The van der Waals surface area contributed by atoms with Gasteiger partial charge in [-0.2, -0.15) is 0 Å². The highest BCUT2D eigenvalue weighted by Crippen LogP contribution is 2.36. The van der Waals surface area contributed by atoms with Crippen molar-refractivity contribution in [3.8, 4) is 5.75 Å². The second kappa shape index (κ2) is 9.19. The molecule has 0 heterocycles. The lowest BCUT2D eigenvalue weighted by molar-refractivity contribution is 0.410. The molecule has 1 aromatic carbocycles. The first-order valence-electron chi connectivity index (χ1n) is 9.17. The Hall–Kier alpha value is -1.02. The van der Waals surface area contributed by atoms with Crippen LogP contribution in [0.15, 0.2) is 18.2 Å². The molecule has 1 aliphatic rings. The smallest absolute Gasteiger partial charge is 0.119 e. The molecule has 22 heavy (non-hydrogen) atoms. The van der Waals surface area contributed by atoms with Crippen LogP contribution in [0.1, 0.15) is 81.8 Å². The SMILES string of the molecule is CCCCCCCC(N)CC1CCCc2cc(OC)ccc21. The van der Waals surface area contributed by atoms with Gasteiger partial charge in [0, 0.05) is 6.04 Å². The quantitative estimate of drug-likeness (QED) is 0.637. The number of aryl methyl sites for hydroxylation is 1. The molecule has 2 N–H and O–H groups in total. The van der Waals surface area contributed by atoms with Crippen LogP contribution in [0.3, 0.4) is 0 Å². The third kappa shape index (κ3) is 5.01. The Balaban J connectivity index is 1.84. The maximum atomic E-state index is 6.41. The number of fused-ring (bicyclic) bond motifs is 1. The van der Waals surface area contributed by atoms with Gasteiger partial charge >= 0.3 is 0 Å². The van der Waals surface area contributed by atoms with Crippen LogP contribution in [0.4, 0.5) is 0 Å². The Kier molecular flexibility index (Phi) is 7.24.